The van der Waals surface area contributed by atoms with Gasteiger partial charge in [0.2, 0.25) is 5.91 Å². The molecule has 0 saturated carbocycles. The molecule has 1 atom stereocenters. The Labute approximate surface area is 161 Å². The molecule has 0 unspecified atom stereocenters. The fourth-order valence-corrected chi connectivity index (χ4v) is 3.08. The lowest BCUT2D eigenvalue weighted by molar-refractivity contribution is -0.119. The molecule has 0 saturated heterocycles. The summed E-state index contributed by atoms with van der Waals surface area (Å²) in [5.74, 6) is -1.07. The van der Waals surface area contributed by atoms with Crippen LogP contribution in [-0.4, -0.2) is 27.8 Å². The number of benzene rings is 2. The largest absolute Gasteiger partial charge is 0.368 e. The number of aromatic nitrogens is 2. The van der Waals surface area contributed by atoms with Crippen LogP contribution in [0.5, 0.6) is 0 Å². The van der Waals surface area contributed by atoms with Gasteiger partial charge in [-0.1, -0.05) is 48.5 Å². The summed E-state index contributed by atoms with van der Waals surface area (Å²) < 4.78 is 0. The standard InChI is InChI=1S/C22H18N4O2/c23-21(27)20(13-16-11-9-14-5-1-3-7-17(14)24-16)26-22(28)19-12-10-15-6-2-4-8-18(15)25-19/h1-12,20H,13H2,(H2,23,27)(H,26,28)/t20-/m0/s1. The number of hydrogen-bond donors (Lipinski definition) is 2. The summed E-state index contributed by atoms with van der Waals surface area (Å²) >= 11 is 0. The Bertz CT molecular complexity index is 1190. The minimum atomic E-state index is -0.880. The van der Waals surface area contributed by atoms with Crippen LogP contribution in [0.4, 0.5) is 0 Å². The first-order valence-electron chi connectivity index (χ1n) is 8.91. The van der Waals surface area contributed by atoms with Crippen LogP contribution in [0.15, 0.2) is 72.8 Å². The summed E-state index contributed by atoms with van der Waals surface area (Å²) in [6.07, 6.45) is 0.208. The van der Waals surface area contributed by atoms with Gasteiger partial charge in [-0.05, 0) is 24.3 Å². The highest BCUT2D eigenvalue weighted by Gasteiger charge is 2.21. The normalized spacial score (nSPS) is 12.0. The number of nitrogens with zero attached hydrogens (tertiary/aromatic N) is 2. The Morgan fingerprint density at radius 3 is 2.11 bits per heavy atom. The van der Waals surface area contributed by atoms with Gasteiger partial charge in [-0.3, -0.25) is 14.6 Å². The molecular weight excluding hydrogens is 352 g/mol. The van der Waals surface area contributed by atoms with Crippen molar-refractivity contribution in [3.05, 3.63) is 84.2 Å². The Kier molecular flexibility index (Phi) is 4.68. The first kappa shape index (κ1) is 17.6. The minimum absolute atomic E-state index is 0.208. The van der Waals surface area contributed by atoms with Crippen LogP contribution in [0.25, 0.3) is 21.8 Å². The van der Waals surface area contributed by atoms with E-state index in [1.807, 2.05) is 66.7 Å². The lowest BCUT2D eigenvalue weighted by Gasteiger charge is -2.15. The van der Waals surface area contributed by atoms with E-state index in [4.69, 9.17) is 5.73 Å². The van der Waals surface area contributed by atoms with Crippen molar-refractivity contribution in [3.63, 3.8) is 0 Å². The summed E-state index contributed by atoms with van der Waals surface area (Å²) in [5.41, 5.74) is 7.96. The zero-order valence-electron chi connectivity index (χ0n) is 15.0. The van der Waals surface area contributed by atoms with Crippen molar-refractivity contribution < 1.29 is 9.59 Å². The summed E-state index contributed by atoms with van der Waals surface area (Å²) in [5, 5.41) is 4.62. The number of fused-ring (bicyclic) bond motifs is 2. The van der Waals surface area contributed by atoms with Crippen molar-refractivity contribution in [1.82, 2.24) is 15.3 Å². The summed E-state index contributed by atoms with van der Waals surface area (Å²) in [6.45, 7) is 0. The van der Waals surface area contributed by atoms with Gasteiger partial charge in [-0.25, -0.2) is 4.98 Å². The topological polar surface area (TPSA) is 98.0 Å². The van der Waals surface area contributed by atoms with Gasteiger partial charge in [0.1, 0.15) is 11.7 Å². The predicted octanol–water partition coefficient (Wildman–Crippen LogP) is 2.61. The van der Waals surface area contributed by atoms with E-state index in [1.54, 1.807) is 6.07 Å². The van der Waals surface area contributed by atoms with Crippen LogP contribution >= 0.6 is 0 Å². The first-order valence-corrected chi connectivity index (χ1v) is 8.91. The molecular formula is C22H18N4O2. The Hall–Kier alpha value is -3.80. The average molecular weight is 370 g/mol. The van der Waals surface area contributed by atoms with E-state index >= 15 is 0 Å². The van der Waals surface area contributed by atoms with E-state index in [1.165, 1.54) is 0 Å². The SMILES string of the molecule is NC(=O)[C@H](Cc1ccc2ccccc2n1)NC(=O)c1ccc2ccccc2n1. The van der Waals surface area contributed by atoms with Crippen molar-refractivity contribution in [2.45, 2.75) is 12.5 Å². The van der Waals surface area contributed by atoms with Crippen LogP contribution in [0, 0.1) is 0 Å². The lowest BCUT2D eigenvalue weighted by atomic mass is 10.1. The van der Waals surface area contributed by atoms with Crippen LogP contribution < -0.4 is 11.1 Å². The quantitative estimate of drug-likeness (QED) is 0.564. The highest BCUT2D eigenvalue weighted by molar-refractivity contribution is 5.97. The molecule has 0 fully saturated rings. The smallest absolute Gasteiger partial charge is 0.270 e. The molecule has 0 aliphatic heterocycles. The third-order valence-electron chi connectivity index (χ3n) is 4.55. The Morgan fingerprint density at radius 1 is 0.821 bits per heavy atom. The maximum atomic E-state index is 12.6. The van der Waals surface area contributed by atoms with Crippen molar-refractivity contribution in [1.29, 1.82) is 0 Å². The number of nitrogens with one attached hydrogen (secondary N) is 1. The van der Waals surface area contributed by atoms with E-state index in [0.717, 1.165) is 16.3 Å². The number of rotatable bonds is 5. The zero-order valence-corrected chi connectivity index (χ0v) is 15.0. The molecule has 2 aromatic heterocycles. The van der Waals surface area contributed by atoms with E-state index in [-0.39, 0.29) is 12.1 Å². The van der Waals surface area contributed by atoms with Gasteiger partial charge in [0.25, 0.3) is 5.91 Å². The van der Waals surface area contributed by atoms with Crippen molar-refractivity contribution in [3.8, 4) is 0 Å². The van der Waals surface area contributed by atoms with E-state index in [2.05, 4.69) is 15.3 Å². The van der Waals surface area contributed by atoms with E-state index < -0.39 is 17.9 Å². The molecule has 28 heavy (non-hydrogen) atoms. The monoisotopic (exact) mass is 370 g/mol. The Morgan fingerprint density at radius 2 is 1.43 bits per heavy atom. The van der Waals surface area contributed by atoms with Crippen LogP contribution in [0.1, 0.15) is 16.2 Å². The number of carbonyl (C=O) groups excluding carboxylic acids is 2. The Balaban J connectivity index is 1.55. The second-order valence-corrected chi connectivity index (χ2v) is 6.52. The highest BCUT2D eigenvalue weighted by Crippen LogP contribution is 2.14. The van der Waals surface area contributed by atoms with Crippen LogP contribution in [0.3, 0.4) is 0 Å². The van der Waals surface area contributed by atoms with Crippen molar-refractivity contribution in [2.24, 2.45) is 5.73 Å². The highest BCUT2D eigenvalue weighted by atomic mass is 16.2. The fraction of sp³-hybridized carbons (Fsp3) is 0.0909. The molecule has 6 heteroatoms. The molecule has 2 aromatic carbocycles. The number of carbonyl (C=O) groups is 2. The first-order chi connectivity index (χ1) is 13.6. The van der Waals surface area contributed by atoms with Gasteiger partial charge in [0.05, 0.1) is 11.0 Å². The van der Waals surface area contributed by atoms with Crippen LogP contribution in [0.2, 0.25) is 0 Å². The molecule has 0 radical (unpaired) electrons. The summed E-state index contributed by atoms with van der Waals surface area (Å²) in [6, 6.07) is 21.5. The lowest BCUT2D eigenvalue weighted by Crippen LogP contribution is -2.46. The molecule has 0 aliphatic carbocycles. The molecule has 2 amide bonds. The second kappa shape index (κ2) is 7.44. The van der Waals surface area contributed by atoms with Gasteiger partial charge < -0.3 is 11.1 Å². The number of primary amides is 1. The molecule has 4 aromatic rings. The third-order valence-corrected chi connectivity index (χ3v) is 4.55. The number of hydrogen-bond acceptors (Lipinski definition) is 4. The average Bonchev–Trinajstić information content (AvgIpc) is 2.72. The maximum Gasteiger partial charge on any atom is 0.270 e. The molecule has 6 nitrogen and oxygen atoms in total. The number of nitrogens with two attached hydrogens (primary N) is 1. The van der Waals surface area contributed by atoms with Crippen molar-refractivity contribution in [2.75, 3.05) is 0 Å². The number of amides is 2. The molecule has 2 heterocycles. The molecule has 3 N–H and O–H groups in total. The van der Waals surface area contributed by atoms with Gasteiger partial charge in [-0.15, -0.1) is 0 Å². The third kappa shape index (κ3) is 3.66. The zero-order chi connectivity index (χ0) is 19.5. The molecule has 0 spiro atoms. The van der Waals surface area contributed by atoms with Gasteiger partial charge in [0.15, 0.2) is 0 Å². The predicted molar refractivity (Wildman–Crippen MR) is 108 cm³/mol. The maximum absolute atomic E-state index is 12.6. The summed E-state index contributed by atoms with van der Waals surface area (Å²) in [7, 11) is 0. The molecule has 4 rings (SSSR count). The number of pyridine rings is 2. The minimum Gasteiger partial charge on any atom is -0.368 e. The van der Waals surface area contributed by atoms with E-state index in [0.29, 0.717) is 11.2 Å². The van der Waals surface area contributed by atoms with Gasteiger partial charge in [-0.2, -0.15) is 0 Å². The second-order valence-electron chi connectivity index (χ2n) is 6.52. The van der Waals surface area contributed by atoms with Gasteiger partial charge >= 0.3 is 0 Å². The molecule has 138 valence electrons. The van der Waals surface area contributed by atoms with Crippen LogP contribution in [-0.2, 0) is 11.2 Å². The molecule has 0 aliphatic rings. The van der Waals surface area contributed by atoms with E-state index in [9.17, 15) is 9.59 Å². The number of para-hydroxylation sites is 2. The van der Waals surface area contributed by atoms with Gasteiger partial charge in [0, 0.05) is 22.9 Å². The molecule has 0 bridgehead atoms. The fourth-order valence-electron chi connectivity index (χ4n) is 3.08. The summed E-state index contributed by atoms with van der Waals surface area (Å²) in [4.78, 5) is 33.4. The van der Waals surface area contributed by atoms with Crippen molar-refractivity contribution >= 4 is 33.6 Å².